The Morgan fingerprint density at radius 3 is 2.38 bits per heavy atom. The van der Waals surface area contributed by atoms with E-state index in [0.29, 0.717) is 22.6 Å². The first-order valence-electron chi connectivity index (χ1n) is 10.7. The summed E-state index contributed by atoms with van der Waals surface area (Å²) in [7, 11) is 1.50. The molecule has 180 valence electrons. The first kappa shape index (κ1) is 25.4. The Balaban J connectivity index is 0.00000158. The maximum Gasteiger partial charge on any atom is 0.151 e. The average Bonchev–Trinajstić information content (AvgIpc) is 2.86. The number of aromatic nitrogens is 2. The van der Waals surface area contributed by atoms with Crippen LogP contribution in [0, 0.1) is 17.0 Å². The second kappa shape index (κ2) is 11.8. The number of anilines is 2. The number of rotatable bonds is 6. The van der Waals surface area contributed by atoms with Crippen molar-refractivity contribution in [1.82, 2.24) is 9.97 Å². The van der Waals surface area contributed by atoms with E-state index in [1.165, 1.54) is 7.05 Å². The van der Waals surface area contributed by atoms with Crippen molar-refractivity contribution in [2.24, 2.45) is 5.73 Å². The minimum atomic E-state index is -0.896. The van der Waals surface area contributed by atoms with Crippen molar-refractivity contribution in [3.05, 3.63) is 77.2 Å². The van der Waals surface area contributed by atoms with Gasteiger partial charge in [-0.1, -0.05) is 0 Å². The molecular formula is C24H28F2N6OS. The zero-order valence-corrected chi connectivity index (χ0v) is 19.9. The van der Waals surface area contributed by atoms with E-state index in [1.807, 2.05) is 23.9 Å². The first-order chi connectivity index (χ1) is 16.4. The van der Waals surface area contributed by atoms with E-state index >= 15 is 0 Å². The van der Waals surface area contributed by atoms with Crippen LogP contribution in [-0.2, 0) is 0 Å². The third-order valence-electron chi connectivity index (χ3n) is 5.28. The van der Waals surface area contributed by atoms with Crippen LogP contribution in [0.1, 0.15) is 29.7 Å². The Morgan fingerprint density at radius 1 is 1.09 bits per heavy atom. The molecule has 4 rings (SSSR count). The van der Waals surface area contributed by atoms with Gasteiger partial charge in [0.1, 0.15) is 17.7 Å². The number of benzene rings is 1. The molecule has 3 heterocycles. The van der Waals surface area contributed by atoms with Crippen LogP contribution in [0.5, 0.6) is 5.75 Å². The first-order valence-corrected chi connectivity index (χ1v) is 11.9. The van der Waals surface area contributed by atoms with Gasteiger partial charge in [0.15, 0.2) is 11.6 Å². The fourth-order valence-electron chi connectivity index (χ4n) is 3.57. The van der Waals surface area contributed by atoms with Gasteiger partial charge in [0, 0.05) is 47.6 Å². The van der Waals surface area contributed by atoms with Crippen molar-refractivity contribution >= 4 is 29.0 Å². The van der Waals surface area contributed by atoms with Gasteiger partial charge in [0.25, 0.3) is 0 Å². The Kier molecular flexibility index (Phi) is 8.78. The summed E-state index contributed by atoms with van der Waals surface area (Å²) in [6, 6.07) is 8.58. The molecule has 10 heteroatoms. The van der Waals surface area contributed by atoms with Crippen molar-refractivity contribution in [1.29, 1.82) is 5.41 Å². The van der Waals surface area contributed by atoms with Gasteiger partial charge in [0.05, 0.1) is 23.7 Å². The molecule has 0 radical (unpaired) electrons. The number of nitrogens with two attached hydrogens (primary N) is 2. The molecule has 1 unspecified atom stereocenters. The molecule has 1 fully saturated rings. The third kappa shape index (κ3) is 5.81. The Labute approximate surface area is 202 Å². The third-order valence-corrected chi connectivity index (χ3v) is 6.22. The topological polar surface area (TPSA) is 114 Å². The minimum Gasteiger partial charge on any atom is -0.486 e. The Hall–Kier alpha value is -3.24. The van der Waals surface area contributed by atoms with Crippen molar-refractivity contribution in [3.8, 4) is 5.75 Å². The van der Waals surface area contributed by atoms with Crippen LogP contribution < -0.4 is 21.1 Å². The number of hydrogen-bond acceptors (Lipinski definition) is 8. The predicted octanol–water partition coefficient (Wildman–Crippen LogP) is 4.02. The number of nitrogens with zero attached hydrogens (tertiary/aromatic N) is 3. The summed E-state index contributed by atoms with van der Waals surface area (Å²) in [6.07, 6.45) is 2.66. The summed E-state index contributed by atoms with van der Waals surface area (Å²) >= 11 is 1.93. The van der Waals surface area contributed by atoms with Gasteiger partial charge in [-0.3, -0.25) is 10.4 Å². The molecule has 3 aromatic rings. The highest BCUT2D eigenvalue weighted by molar-refractivity contribution is 7.99. The van der Waals surface area contributed by atoms with Crippen molar-refractivity contribution in [2.75, 3.05) is 42.3 Å². The van der Waals surface area contributed by atoms with Crippen molar-refractivity contribution in [2.45, 2.75) is 13.0 Å². The molecule has 1 saturated heterocycles. The van der Waals surface area contributed by atoms with E-state index in [2.05, 4.69) is 20.6 Å². The van der Waals surface area contributed by atoms with E-state index in [-0.39, 0.29) is 11.3 Å². The van der Waals surface area contributed by atoms with Crippen LogP contribution in [-0.4, -0.2) is 47.3 Å². The molecule has 0 amide bonds. The number of nitrogens with one attached hydrogen (secondary N) is 1. The lowest BCUT2D eigenvalue weighted by Gasteiger charge is -2.27. The van der Waals surface area contributed by atoms with Gasteiger partial charge in [0.2, 0.25) is 0 Å². The standard InChI is InChI=1S/C23H23F2N5OS.CH5N/c1-14(22-18(24)12-28-13-19(22)25)31-16-3-4-20(26)17(10-16)23(27)15-2-5-21(29-11-15)30-6-8-32-9-7-30;1-2/h2-5,10-14,27H,6-9,26H2,1H3;2H2,1H3. The van der Waals surface area contributed by atoms with E-state index in [0.717, 1.165) is 42.8 Å². The van der Waals surface area contributed by atoms with Crippen molar-refractivity contribution in [3.63, 3.8) is 0 Å². The Morgan fingerprint density at radius 2 is 1.76 bits per heavy atom. The van der Waals surface area contributed by atoms with E-state index in [9.17, 15) is 8.78 Å². The minimum absolute atomic E-state index is 0.190. The molecule has 0 aliphatic carbocycles. The summed E-state index contributed by atoms with van der Waals surface area (Å²) in [5.41, 5.74) is 12.1. The largest absolute Gasteiger partial charge is 0.486 e. The maximum atomic E-state index is 14.0. The molecule has 7 nitrogen and oxygen atoms in total. The molecule has 1 aliphatic rings. The molecule has 0 saturated carbocycles. The number of ether oxygens (including phenoxy) is 1. The van der Waals surface area contributed by atoms with Crippen LogP contribution in [0.15, 0.2) is 48.9 Å². The van der Waals surface area contributed by atoms with E-state index in [1.54, 1.807) is 31.3 Å². The number of pyridine rings is 2. The van der Waals surface area contributed by atoms with Gasteiger partial charge < -0.3 is 21.1 Å². The van der Waals surface area contributed by atoms with Crippen LogP contribution in [0.2, 0.25) is 0 Å². The summed E-state index contributed by atoms with van der Waals surface area (Å²) in [5, 5.41) is 8.62. The monoisotopic (exact) mass is 486 g/mol. The second-order valence-corrected chi connectivity index (χ2v) is 8.63. The lowest BCUT2D eigenvalue weighted by atomic mass is 10.0. The zero-order valence-electron chi connectivity index (χ0n) is 19.1. The molecular weight excluding hydrogens is 458 g/mol. The van der Waals surface area contributed by atoms with Gasteiger partial charge in [-0.15, -0.1) is 0 Å². The fraction of sp³-hybridized carbons (Fsp3) is 0.292. The normalized spacial score (nSPS) is 14.1. The zero-order chi connectivity index (χ0) is 24.7. The molecule has 2 aromatic heterocycles. The SMILES string of the molecule is CC(Oc1ccc(N)c(C(=N)c2ccc(N3CCSCC3)nc2)c1)c1c(F)cncc1F.CN. The van der Waals surface area contributed by atoms with Gasteiger partial charge in [-0.2, -0.15) is 11.8 Å². The summed E-state index contributed by atoms with van der Waals surface area (Å²) in [5.74, 6) is 1.83. The van der Waals surface area contributed by atoms with Gasteiger partial charge in [-0.25, -0.2) is 13.8 Å². The number of hydrogen-bond donors (Lipinski definition) is 3. The highest BCUT2D eigenvalue weighted by atomic mass is 32.2. The summed E-state index contributed by atoms with van der Waals surface area (Å²) < 4.78 is 33.8. The van der Waals surface area contributed by atoms with Crippen LogP contribution >= 0.6 is 11.8 Å². The Bertz CT molecular complexity index is 1100. The van der Waals surface area contributed by atoms with E-state index < -0.39 is 17.7 Å². The molecule has 0 spiro atoms. The summed E-state index contributed by atoms with van der Waals surface area (Å²) in [4.78, 5) is 10.2. The lowest BCUT2D eigenvalue weighted by molar-refractivity contribution is 0.215. The number of halogens is 2. The average molecular weight is 487 g/mol. The van der Waals surface area contributed by atoms with Crippen LogP contribution in [0.3, 0.4) is 0 Å². The molecule has 34 heavy (non-hydrogen) atoms. The predicted molar refractivity (Wildman–Crippen MR) is 134 cm³/mol. The maximum absolute atomic E-state index is 14.0. The molecule has 1 aliphatic heterocycles. The molecule has 1 aromatic carbocycles. The van der Waals surface area contributed by atoms with Crippen molar-refractivity contribution < 1.29 is 13.5 Å². The highest BCUT2D eigenvalue weighted by Gasteiger charge is 2.19. The van der Waals surface area contributed by atoms with Gasteiger partial charge >= 0.3 is 0 Å². The van der Waals surface area contributed by atoms with E-state index in [4.69, 9.17) is 15.9 Å². The summed E-state index contributed by atoms with van der Waals surface area (Å²) in [6.45, 7) is 3.46. The highest BCUT2D eigenvalue weighted by Crippen LogP contribution is 2.29. The second-order valence-electron chi connectivity index (χ2n) is 7.41. The quantitative estimate of drug-likeness (QED) is 0.356. The smallest absolute Gasteiger partial charge is 0.151 e. The van der Waals surface area contributed by atoms with Gasteiger partial charge in [-0.05, 0) is 44.3 Å². The lowest BCUT2D eigenvalue weighted by Crippen LogP contribution is -2.33. The molecule has 1 atom stereocenters. The van der Waals surface area contributed by atoms with Crippen LogP contribution in [0.4, 0.5) is 20.3 Å². The number of nitrogen functional groups attached to an aromatic ring is 1. The number of thioether (sulfide) groups is 1. The fourth-order valence-corrected chi connectivity index (χ4v) is 4.47. The van der Waals surface area contributed by atoms with Crippen LogP contribution in [0.25, 0.3) is 0 Å². The molecule has 5 N–H and O–H groups in total. The molecule has 0 bridgehead atoms.